The summed E-state index contributed by atoms with van der Waals surface area (Å²) in [6.45, 7) is 0.608. The molecule has 0 radical (unpaired) electrons. The highest BCUT2D eigenvalue weighted by atomic mass is 16.5. The van der Waals surface area contributed by atoms with Gasteiger partial charge in [0.15, 0.2) is 0 Å². The highest BCUT2D eigenvalue weighted by Crippen LogP contribution is 2.22. The van der Waals surface area contributed by atoms with E-state index in [1.165, 1.54) is 0 Å². The van der Waals surface area contributed by atoms with Crippen molar-refractivity contribution in [3.63, 3.8) is 0 Å². The molecule has 0 aliphatic rings. The van der Waals surface area contributed by atoms with Crippen LogP contribution in [0.2, 0.25) is 0 Å². The second-order valence-electron chi connectivity index (χ2n) is 4.19. The fourth-order valence-electron chi connectivity index (χ4n) is 1.74. The van der Waals surface area contributed by atoms with Gasteiger partial charge in [0.25, 0.3) is 0 Å². The van der Waals surface area contributed by atoms with Crippen molar-refractivity contribution in [1.82, 2.24) is 9.97 Å². The van der Waals surface area contributed by atoms with Gasteiger partial charge < -0.3 is 15.4 Å². The van der Waals surface area contributed by atoms with Crippen LogP contribution in [0, 0.1) is 0 Å². The average molecular weight is 258 g/mol. The standard InChI is InChI=1S/C14H18N4O/c1-18(12-3-5-13(19-2)6-4-12)14-16-9-11(7-8-15)10-17-14/h3-6,9-10H,7-8,15H2,1-2H3. The second-order valence-corrected chi connectivity index (χ2v) is 4.19. The van der Waals surface area contributed by atoms with Crippen molar-refractivity contribution < 1.29 is 4.74 Å². The molecule has 0 spiro atoms. The second kappa shape index (κ2) is 6.15. The molecule has 1 heterocycles. The predicted octanol–water partition coefficient (Wildman–Crippen LogP) is 1.75. The third-order valence-corrected chi connectivity index (χ3v) is 2.88. The molecule has 2 rings (SSSR count). The number of hydrogen-bond donors (Lipinski definition) is 1. The van der Waals surface area contributed by atoms with Crippen LogP contribution in [0.25, 0.3) is 0 Å². The zero-order valence-electron chi connectivity index (χ0n) is 11.2. The quantitative estimate of drug-likeness (QED) is 0.885. The summed E-state index contributed by atoms with van der Waals surface area (Å²) >= 11 is 0. The Balaban J connectivity index is 2.15. The Hall–Kier alpha value is -2.14. The van der Waals surface area contributed by atoms with E-state index in [-0.39, 0.29) is 0 Å². The predicted molar refractivity (Wildman–Crippen MR) is 75.8 cm³/mol. The molecular weight excluding hydrogens is 240 g/mol. The van der Waals surface area contributed by atoms with Crippen molar-refractivity contribution in [3.05, 3.63) is 42.2 Å². The van der Waals surface area contributed by atoms with Gasteiger partial charge in [-0.15, -0.1) is 0 Å². The third-order valence-electron chi connectivity index (χ3n) is 2.88. The van der Waals surface area contributed by atoms with Gasteiger partial charge in [-0.2, -0.15) is 0 Å². The zero-order valence-corrected chi connectivity index (χ0v) is 11.2. The summed E-state index contributed by atoms with van der Waals surface area (Å²) in [5, 5.41) is 0. The van der Waals surface area contributed by atoms with Gasteiger partial charge in [0.1, 0.15) is 5.75 Å². The van der Waals surface area contributed by atoms with E-state index in [0.717, 1.165) is 23.4 Å². The number of nitrogens with zero attached hydrogens (tertiary/aromatic N) is 3. The van der Waals surface area contributed by atoms with Crippen molar-refractivity contribution >= 4 is 11.6 Å². The topological polar surface area (TPSA) is 64.3 Å². The Bertz CT molecular complexity index is 510. The van der Waals surface area contributed by atoms with Gasteiger partial charge in [0.05, 0.1) is 7.11 Å². The molecule has 0 fully saturated rings. The van der Waals surface area contributed by atoms with Crippen molar-refractivity contribution in [2.24, 2.45) is 5.73 Å². The van der Waals surface area contributed by atoms with Gasteiger partial charge >= 0.3 is 0 Å². The minimum Gasteiger partial charge on any atom is -0.497 e. The first-order valence-electron chi connectivity index (χ1n) is 6.13. The number of hydrogen-bond acceptors (Lipinski definition) is 5. The molecule has 0 atom stereocenters. The molecule has 0 aliphatic carbocycles. The van der Waals surface area contributed by atoms with Gasteiger partial charge in [-0.25, -0.2) is 9.97 Å². The van der Waals surface area contributed by atoms with E-state index in [2.05, 4.69) is 9.97 Å². The Kier molecular flexibility index (Phi) is 4.30. The lowest BCUT2D eigenvalue weighted by Gasteiger charge is -2.17. The van der Waals surface area contributed by atoms with Crippen molar-refractivity contribution in [1.29, 1.82) is 0 Å². The Morgan fingerprint density at radius 1 is 1.16 bits per heavy atom. The van der Waals surface area contributed by atoms with Gasteiger partial charge in [-0.3, -0.25) is 0 Å². The van der Waals surface area contributed by atoms with Gasteiger partial charge in [0, 0.05) is 25.1 Å². The van der Waals surface area contributed by atoms with Crippen LogP contribution in [0.1, 0.15) is 5.56 Å². The molecule has 5 heteroatoms. The van der Waals surface area contributed by atoms with E-state index in [9.17, 15) is 0 Å². The number of aromatic nitrogens is 2. The average Bonchev–Trinajstić information content (AvgIpc) is 2.48. The molecule has 5 nitrogen and oxygen atoms in total. The Morgan fingerprint density at radius 3 is 2.32 bits per heavy atom. The number of benzene rings is 1. The molecular formula is C14H18N4O. The lowest BCUT2D eigenvalue weighted by molar-refractivity contribution is 0.415. The maximum atomic E-state index is 5.50. The molecule has 0 unspecified atom stereocenters. The third kappa shape index (κ3) is 3.20. The minimum atomic E-state index is 0.608. The lowest BCUT2D eigenvalue weighted by Crippen LogP contribution is -2.13. The highest BCUT2D eigenvalue weighted by molar-refractivity contribution is 5.57. The Labute approximate surface area is 113 Å². The number of methoxy groups -OCH3 is 1. The van der Waals surface area contributed by atoms with Crippen LogP contribution in [-0.4, -0.2) is 30.7 Å². The summed E-state index contributed by atoms with van der Waals surface area (Å²) in [7, 11) is 3.58. The van der Waals surface area contributed by atoms with Crippen LogP contribution < -0.4 is 15.4 Å². The zero-order chi connectivity index (χ0) is 13.7. The van der Waals surface area contributed by atoms with E-state index in [4.69, 9.17) is 10.5 Å². The van der Waals surface area contributed by atoms with Gasteiger partial charge in [-0.05, 0) is 42.8 Å². The summed E-state index contributed by atoms with van der Waals surface area (Å²) in [6.07, 6.45) is 4.43. The number of rotatable bonds is 5. The highest BCUT2D eigenvalue weighted by Gasteiger charge is 2.06. The largest absolute Gasteiger partial charge is 0.497 e. The van der Waals surface area contributed by atoms with Crippen molar-refractivity contribution in [2.45, 2.75) is 6.42 Å². The molecule has 19 heavy (non-hydrogen) atoms. The van der Waals surface area contributed by atoms with E-state index in [0.29, 0.717) is 12.5 Å². The van der Waals surface area contributed by atoms with E-state index in [1.54, 1.807) is 7.11 Å². The molecule has 1 aromatic heterocycles. The lowest BCUT2D eigenvalue weighted by atomic mass is 10.2. The molecule has 2 aromatic rings. The van der Waals surface area contributed by atoms with E-state index < -0.39 is 0 Å². The number of anilines is 2. The first-order valence-corrected chi connectivity index (χ1v) is 6.13. The molecule has 1 aromatic carbocycles. The van der Waals surface area contributed by atoms with E-state index >= 15 is 0 Å². The van der Waals surface area contributed by atoms with E-state index in [1.807, 2.05) is 48.6 Å². The summed E-state index contributed by atoms with van der Waals surface area (Å²) in [4.78, 5) is 10.6. The van der Waals surface area contributed by atoms with Gasteiger partial charge in [-0.1, -0.05) is 0 Å². The number of ether oxygens (including phenoxy) is 1. The number of nitrogens with two attached hydrogens (primary N) is 1. The molecule has 0 amide bonds. The van der Waals surface area contributed by atoms with Crippen LogP contribution in [0.3, 0.4) is 0 Å². The molecule has 2 N–H and O–H groups in total. The maximum absolute atomic E-state index is 5.50. The molecule has 0 saturated carbocycles. The maximum Gasteiger partial charge on any atom is 0.229 e. The van der Waals surface area contributed by atoms with Crippen LogP contribution >= 0.6 is 0 Å². The summed E-state index contributed by atoms with van der Waals surface area (Å²) in [5.41, 5.74) is 7.56. The molecule has 0 bridgehead atoms. The fourth-order valence-corrected chi connectivity index (χ4v) is 1.74. The first kappa shape index (κ1) is 13.3. The monoisotopic (exact) mass is 258 g/mol. The van der Waals surface area contributed by atoms with Gasteiger partial charge in [0.2, 0.25) is 5.95 Å². The fraction of sp³-hybridized carbons (Fsp3) is 0.286. The smallest absolute Gasteiger partial charge is 0.229 e. The summed E-state index contributed by atoms with van der Waals surface area (Å²) < 4.78 is 5.14. The Morgan fingerprint density at radius 2 is 1.79 bits per heavy atom. The van der Waals surface area contributed by atoms with Crippen LogP contribution in [0.4, 0.5) is 11.6 Å². The molecule has 0 aliphatic heterocycles. The minimum absolute atomic E-state index is 0.608. The summed E-state index contributed by atoms with van der Waals surface area (Å²) in [6, 6.07) is 7.76. The SMILES string of the molecule is COc1ccc(N(C)c2ncc(CCN)cn2)cc1. The van der Waals surface area contributed by atoms with Crippen molar-refractivity contribution in [3.8, 4) is 5.75 Å². The normalized spacial score (nSPS) is 10.3. The van der Waals surface area contributed by atoms with Crippen LogP contribution in [0.15, 0.2) is 36.7 Å². The molecule has 100 valence electrons. The van der Waals surface area contributed by atoms with Crippen molar-refractivity contribution in [2.75, 3.05) is 25.6 Å². The first-order chi connectivity index (χ1) is 9.24. The summed E-state index contributed by atoms with van der Waals surface area (Å²) in [5.74, 6) is 1.49. The molecule has 0 saturated heterocycles. The van der Waals surface area contributed by atoms with Crippen LogP contribution in [0.5, 0.6) is 5.75 Å². The van der Waals surface area contributed by atoms with Crippen LogP contribution in [-0.2, 0) is 6.42 Å².